The molecule has 0 saturated carbocycles. The zero-order chi connectivity index (χ0) is 77.4. The lowest BCUT2D eigenvalue weighted by Crippen LogP contribution is -2.30. The molecule has 5 atom stereocenters. The van der Waals surface area contributed by atoms with E-state index < -0.39 is 97.5 Å². The van der Waals surface area contributed by atoms with Crippen molar-refractivity contribution in [1.29, 1.82) is 0 Å². The van der Waals surface area contributed by atoms with Gasteiger partial charge >= 0.3 is 39.5 Å². The van der Waals surface area contributed by atoms with Crippen LogP contribution >= 0.6 is 15.6 Å². The number of allylic oxidation sites excluding steroid dienone is 22. The molecule has 106 heavy (non-hydrogen) atoms. The van der Waals surface area contributed by atoms with E-state index in [0.717, 1.165) is 141 Å². The van der Waals surface area contributed by atoms with E-state index in [0.29, 0.717) is 32.1 Å². The standard InChI is InChI=1S/C87H148O17P2/c1-5-9-13-17-21-25-29-33-36-38-40-42-45-48-52-56-60-64-68-72-85(90)98-78-83(103-86(91)73-69-65-61-57-53-49-44-35-31-27-23-19-15-11-7-3)80-102-106(95,96)100-76-81(88)75-99-105(93,94)101-79-82(77-97-84(89)71-67-63-59-55-51-47-32-28-24-20-16-12-8-4)104-87(92)74-70-66-62-58-54-50-46-43-41-39-37-34-30-26-22-18-14-10-6-2/h9,13,21-22,25-26,28,32-34,36-37,40-43,48,50,52,54,62,66,81-83,88H,5-8,10-12,14-20,23-24,27,29-31,35,38-39,44-47,49,51,53,55-61,63-65,67-80H2,1-4H3,(H,93,94)(H,95,96)/b13-9-,25-21-,26-22-,32-28-,36-33-,37-34-,42-40-,43-41-,52-48-,54-50-,66-62-/t81-,82+,83+/m0/s1. The van der Waals surface area contributed by atoms with Gasteiger partial charge in [0.25, 0.3) is 0 Å². The molecular formula is C87H148O17P2. The van der Waals surface area contributed by atoms with Crippen molar-refractivity contribution >= 4 is 39.5 Å². The van der Waals surface area contributed by atoms with Crippen molar-refractivity contribution in [3.8, 4) is 0 Å². The van der Waals surface area contributed by atoms with Crippen LogP contribution in [0.4, 0.5) is 0 Å². The molecule has 0 aromatic heterocycles. The van der Waals surface area contributed by atoms with Crippen LogP contribution < -0.4 is 0 Å². The normalized spacial score (nSPS) is 14.5. The smallest absolute Gasteiger partial charge is 0.462 e. The molecule has 0 spiro atoms. The van der Waals surface area contributed by atoms with Crippen LogP contribution in [0.2, 0.25) is 0 Å². The first kappa shape index (κ1) is 101. The van der Waals surface area contributed by atoms with E-state index >= 15 is 0 Å². The second kappa shape index (κ2) is 78.3. The Hall–Kier alpha value is -4.80. The summed E-state index contributed by atoms with van der Waals surface area (Å²) in [7, 11) is -10.00. The monoisotopic (exact) mass is 1530 g/mol. The molecule has 17 nitrogen and oxygen atoms in total. The number of phosphoric acid groups is 2. The number of unbranched alkanes of at least 4 members (excludes halogenated alkanes) is 29. The summed E-state index contributed by atoms with van der Waals surface area (Å²) in [6, 6.07) is 0. The third-order valence-electron chi connectivity index (χ3n) is 17.1. The fourth-order valence-corrected chi connectivity index (χ4v) is 12.4. The summed E-state index contributed by atoms with van der Waals surface area (Å²) in [6.45, 7) is 4.62. The highest BCUT2D eigenvalue weighted by Crippen LogP contribution is 2.45. The zero-order valence-electron chi connectivity index (χ0n) is 66.6. The molecule has 0 fully saturated rings. The van der Waals surface area contributed by atoms with E-state index in [1.54, 1.807) is 0 Å². The fraction of sp³-hybridized carbons (Fsp3) is 0.701. The largest absolute Gasteiger partial charge is 0.472 e. The maximum atomic E-state index is 13.1. The molecule has 0 rings (SSSR count). The number of phosphoric ester groups is 2. The van der Waals surface area contributed by atoms with Crippen molar-refractivity contribution < 1.29 is 80.2 Å². The number of carbonyl (C=O) groups is 4. The van der Waals surface area contributed by atoms with Crippen LogP contribution in [0.5, 0.6) is 0 Å². The lowest BCUT2D eigenvalue weighted by molar-refractivity contribution is -0.161. The summed E-state index contributed by atoms with van der Waals surface area (Å²) >= 11 is 0. The topological polar surface area (TPSA) is 237 Å². The summed E-state index contributed by atoms with van der Waals surface area (Å²) < 4.78 is 68.6. The minimum atomic E-state index is -5.00. The van der Waals surface area contributed by atoms with Crippen LogP contribution in [0.25, 0.3) is 0 Å². The van der Waals surface area contributed by atoms with Gasteiger partial charge < -0.3 is 33.8 Å². The third-order valence-corrected chi connectivity index (χ3v) is 19.0. The van der Waals surface area contributed by atoms with Crippen molar-refractivity contribution in [2.75, 3.05) is 39.6 Å². The summed E-state index contributed by atoms with van der Waals surface area (Å²) in [5, 5.41) is 10.7. The average molecular weight is 1530 g/mol. The molecule has 0 aliphatic heterocycles. The SMILES string of the molecule is CC/C=C\C/C=C\C/C=C\C/C=C\C/C=C\CCCCCC(=O)OC[C@H](COP(=O)(O)OC[C@@H](O)COP(=O)(O)OC[C@@H](COC(=O)CCCCCCC/C=C\CCCCCC)OC(=O)CC/C=C\C/C=C\C/C=C\C/C=C\C/C=C\CCCCC)OC(=O)CCCCCCCCCCCCCCCCC. The van der Waals surface area contributed by atoms with E-state index in [4.69, 9.17) is 37.0 Å². The molecule has 0 saturated heterocycles. The highest BCUT2D eigenvalue weighted by atomic mass is 31.2. The van der Waals surface area contributed by atoms with E-state index in [2.05, 4.69) is 143 Å². The molecule has 0 aromatic carbocycles. The molecule has 3 N–H and O–H groups in total. The lowest BCUT2D eigenvalue weighted by Gasteiger charge is -2.21. The van der Waals surface area contributed by atoms with E-state index in [1.807, 2.05) is 18.2 Å². The second-order valence-corrected chi connectivity index (χ2v) is 30.2. The molecular weight excluding hydrogens is 1380 g/mol. The number of hydrogen-bond acceptors (Lipinski definition) is 15. The van der Waals surface area contributed by atoms with Gasteiger partial charge in [0.05, 0.1) is 26.4 Å². The minimum Gasteiger partial charge on any atom is -0.462 e. The van der Waals surface area contributed by atoms with E-state index in [1.165, 1.54) is 109 Å². The van der Waals surface area contributed by atoms with E-state index in [9.17, 15) is 43.2 Å². The molecule has 0 bridgehead atoms. The Bertz CT molecular complexity index is 2530. The van der Waals surface area contributed by atoms with Crippen LogP contribution in [0.15, 0.2) is 134 Å². The van der Waals surface area contributed by atoms with Crippen molar-refractivity contribution in [2.45, 2.75) is 354 Å². The first-order chi connectivity index (χ1) is 51.7. The van der Waals surface area contributed by atoms with Crippen LogP contribution in [0.3, 0.4) is 0 Å². The predicted octanol–water partition coefficient (Wildman–Crippen LogP) is 24.4. The number of ether oxygens (including phenoxy) is 4. The highest BCUT2D eigenvalue weighted by Gasteiger charge is 2.30. The average Bonchev–Trinajstić information content (AvgIpc) is 0.902. The number of carbonyl (C=O) groups excluding carboxylic acids is 4. The van der Waals surface area contributed by atoms with Gasteiger partial charge in [-0.15, -0.1) is 0 Å². The Balaban J connectivity index is 5.45. The van der Waals surface area contributed by atoms with Crippen LogP contribution in [0.1, 0.15) is 336 Å². The molecule has 19 heteroatoms. The number of esters is 4. The Morgan fingerprint density at radius 1 is 0.274 bits per heavy atom. The second-order valence-electron chi connectivity index (χ2n) is 27.3. The van der Waals surface area contributed by atoms with Gasteiger partial charge in [-0.3, -0.25) is 37.3 Å². The van der Waals surface area contributed by atoms with Gasteiger partial charge in [-0.25, -0.2) is 9.13 Å². The molecule has 0 aliphatic carbocycles. The number of rotatable bonds is 77. The predicted molar refractivity (Wildman–Crippen MR) is 436 cm³/mol. The first-order valence-electron chi connectivity index (χ1n) is 41.4. The van der Waals surface area contributed by atoms with Gasteiger partial charge in [0.2, 0.25) is 0 Å². The Morgan fingerprint density at radius 2 is 0.509 bits per heavy atom. The van der Waals surface area contributed by atoms with Crippen LogP contribution in [-0.4, -0.2) is 96.7 Å². The molecule has 0 aromatic rings. The van der Waals surface area contributed by atoms with Crippen molar-refractivity contribution in [1.82, 2.24) is 0 Å². The third kappa shape index (κ3) is 77.4. The minimum absolute atomic E-state index is 0.0324. The van der Waals surface area contributed by atoms with Gasteiger partial charge in [-0.1, -0.05) is 309 Å². The maximum absolute atomic E-state index is 13.1. The summed E-state index contributed by atoms with van der Waals surface area (Å²) in [5.74, 6) is -2.31. The molecule has 0 radical (unpaired) electrons. The molecule has 2 unspecified atom stereocenters. The maximum Gasteiger partial charge on any atom is 0.472 e. The molecule has 0 amide bonds. The quantitative estimate of drug-likeness (QED) is 0.0169. The van der Waals surface area contributed by atoms with Crippen molar-refractivity contribution in [3.05, 3.63) is 134 Å². The molecule has 0 heterocycles. The van der Waals surface area contributed by atoms with Gasteiger partial charge in [0.15, 0.2) is 12.2 Å². The summed E-state index contributed by atoms with van der Waals surface area (Å²) in [5.41, 5.74) is 0. The molecule has 0 aliphatic rings. The Labute approximate surface area is 644 Å². The van der Waals surface area contributed by atoms with Crippen LogP contribution in [0, 0.1) is 0 Å². The zero-order valence-corrected chi connectivity index (χ0v) is 68.4. The van der Waals surface area contributed by atoms with Gasteiger partial charge in [0, 0.05) is 25.7 Å². The number of hydrogen-bond donors (Lipinski definition) is 3. The van der Waals surface area contributed by atoms with E-state index in [-0.39, 0.29) is 25.7 Å². The van der Waals surface area contributed by atoms with Gasteiger partial charge in [-0.2, -0.15) is 0 Å². The number of aliphatic hydroxyl groups is 1. The van der Waals surface area contributed by atoms with Gasteiger partial charge in [-0.05, 0) is 135 Å². The summed E-state index contributed by atoms with van der Waals surface area (Å²) in [6.07, 6.45) is 88.7. The van der Waals surface area contributed by atoms with Gasteiger partial charge in [0.1, 0.15) is 19.3 Å². The molecule has 608 valence electrons. The Morgan fingerprint density at radius 3 is 0.858 bits per heavy atom. The van der Waals surface area contributed by atoms with Crippen molar-refractivity contribution in [2.24, 2.45) is 0 Å². The number of aliphatic hydroxyl groups excluding tert-OH is 1. The first-order valence-corrected chi connectivity index (χ1v) is 44.4. The lowest BCUT2D eigenvalue weighted by atomic mass is 10.0. The van der Waals surface area contributed by atoms with Crippen molar-refractivity contribution in [3.63, 3.8) is 0 Å². The fourth-order valence-electron chi connectivity index (χ4n) is 10.8. The van der Waals surface area contributed by atoms with Crippen LogP contribution in [-0.2, 0) is 65.4 Å². The summed E-state index contributed by atoms with van der Waals surface area (Å²) in [4.78, 5) is 73.1. The Kier molecular flexibility index (Phi) is 74.8. The highest BCUT2D eigenvalue weighted by molar-refractivity contribution is 7.47.